The molecule has 0 aromatic rings. The van der Waals surface area contributed by atoms with E-state index in [0.29, 0.717) is 43.4 Å². The summed E-state index contributed by atoms with van der Waals surface area (Å²) in [5.41, 5.74) is -1.90. The second-order valence-corrected chi connectivity index (χ2v) is 11.5. The lowest BCUT2D eigenvalue weighted by molar-refractivity contribution is -0.305. The molecule has 1 heterocycles. The molecule has 0 aromatic heterocycles. The van der Waals surface area contributed by atoms with Crippen molar-refractivity contribution in [1.29, 1.82) is 0 Å². The van der Waals surface area contributed by atoms with Crippen LogP contribution in [-0.4, -0.2) is 73.7 Å². The molecular weight excluding hydrogens is 394 g/mol. The second kappa shape index (κ2) is 6.46. The molecule has 3 unspecified atom stereocenters. The smallest absolute Gasteiger partial charge is 0.316 e. The number of carbonyl (C=O) groups is 1. The zero-order valence-electron chi connectivity index (χ0n) is 19.6. The molecule has 1 saturated heterocycles. The first-order chi connectivity index (χ1) is 14.9. The number of nitrogens with zero attached hydrogens (tertiary/aromatic N) is 1. The van der Waals surface area contributed by atoms with Crippen molar-refractivity contribution in [2.75, 3.05) is 33.9 Å². The molecule has 0 amide bonds. The van der Waals surface area contributed by atoms with Crippen LogP contribution in [0.5, 0.6) is 0 Å². The quantitative estimate of drug-likeness (QED) is 0.673. The lowest BCUT2D eigenvalue weighted by Gasteiger charge is -2.73. The highest BCUT2D eigenvalue weighted by molar-refractivity contribution is 5.80. The number of aliphatic hydroxyl groups is 1. The van der Waals surface area contributed by atoms with Crippen molar-refractivity contribution in [2.24, 2.45) is 34.0 Å². The number of esters is 1. The second-order valence-electron chi connectivity index (χ2n) is 11.5. The number of fused-ring (bicyclic) bond motifs is 1. The van der Waals surface area contributed by atoms with Crippen molar-refractivity contribution in [3.8, 4) is 0 Å². The van der Waals surface area contributed by atoms with Gasteiger partial charge in [0.1, 0.15) is 5.41 Å². The van der Waals surface area contributed by atoms with Crippen molar-refractivity contribution in [2.45, 2.75) is 82.6 Å². The summed E-state index contributed by atoms with van der Waals surface area (Å²) in [7, 11) is 3.73. The van der Waals surface area contributed by atoms with Gasteiger partial charge in [-0.1, -0.05) is 13.3 Å². The van der Waals surface area contributed by atoms with Crippen molar-refractivity contribution < 1.29 is 24.1 Å². The van der Waals surface area contributed by atoms with Crippen LogP contribution in [0.3, 0.4) is 0 Å². The van der Waals surface area contributed by atoms with Gasteiger partial charge in [-0.05, 0) is 69.2 Å². The zero-order chi connectivity index (χ0) is 21.8. The fourth-order valence-electron chi connectivity index (χ4n) is 10.9. The third kappa shape index (κ3) is 1.97. The minimum Gasteiger partial charge on any atom is -0.465 e. The summed E-state index contributed by atoms with van der Waals surface area (Å²) < 4.78 is 18.0. The average Bonchev–Trinajstić information content (AvgIpc) is 3.16. The van der Waals surface area contributed by atoms with Crippen molar-refractivity contribution >= 4 is 5.97 Å². The number of carbonyl (C=O) groups excluding carboxylic acids is 1. The Balaban J connectivity index is 1.58. The largest absolute Gasteiger partial charge is 0.465 e. The predicted octanol–water partition coefficient (Wildman–Crippen LogP) is 2.62. The fourth-order valence-corrected chi connectivity index (χ4v) is 10.9. The van der Waals surface area contributed by atoms with Crippen LogP contribution in [0.4, 0.5) is 0 Å². The van der Waals surface area contributed by atoms with Crippen molar-refractivity contribution in [3.63, 3.8) is 0 Å². The van der Waals surface area contributed by atoms with Gasteiger partial charge >= 0.3 is 5.97 Å². The number of piperidine rings is 1. The monoisotopic (exact) mass is 433 g/mol. The molecule has 6 aliphatic rings. The maximum atomic E-state index is 13.6. The Morgan fingerprint density at radius 2 is 1.94 bits per heavy atom. The number of likely N-dealkylation sites (tertiary alicyclic amines) is 1. The Labute approximate surface area is 186 Å². The Bertz CT molecular complexity index is 790. The van der Waals surface area contributed by atoms with Crippen LogP contribution in [0.25, 0.3) is 0 Å². The minimum absolute atomic E-state index is 0.111. The molecule has 174 valence electrons. The van der Waals surface area contributed by atoms with Crippen LogP contribution >= 0.6 is 0 Å². The summed E-state index contributed by atoms with van der Waals surface area (Å²) in [5.74, 6) is 1.09. The van der Waals surface area contributed by atoms with E-state index in [1.807, 2.05) is 21.1 Å². The molecule has 10 atom stereocenters. The van der Waals surface area contributed by atoms with Crippen LogP contribution in [-0.2, 0) is 19.0 Å². The number of hydrogen-bond acceptors (Lipinski definition) is 6. The van der Waals surface area contributed by atoms with Crippen LogP contribution in [0.1, 0.15) is 58.8 Å². The predicted molar refractivity (Wildman–Crippen MR) is 114 cm³/mol. The summed E-state index contributed by atoms with van der Waals surface area (Å²) >= 11 is 0. The Kier molecular flexibility index (Phi) is 4.35. The fraction of sp³-hybridized carbons (Fsp3) is 0.960. The van der Waals surface area contributed by atoms with E-state index < -0.39 is 11.0 Å². The molecule has 0 aromatic carbocycles. The molecule has 2 spiro atoms. The van der Waals surface area contributed by atoms with E-state index in [9.17, 15) is 9.90 Å². The van der Waals surface area contributed by atoms with Gasteiger partial charge < -0.3 is 19.3 Å². The molecule has 0 radical (unpaired) electrons. The van der Waals surface area contributed by atoms with Gasteiger partial charge in [-0.15, -0.1) is 0 Å². The summed E-state index contributed by atoms with van der Waals surface area (Å²) in [6, 6.07) is 0.304. The molecule has 1 N–H and O–H groups in total. The Morgan fingerprint density at radius 1 is 1.13 bits per heavy atom. The molecule has 5 saturated carbocycles. The van der Waals surface area contributed by atoms with Gasteiger partial charge in [-0.2, -0.15) is 0 Å². The number of ether oxygens (including phenoxy) is 3. The minimum atomic E-state index is -0.975. The van der Waals surface area contributed by atoms with Crippen molar-refractivity contribution in [3.05, 3.63) is 0 Å². The van der Waals surface area contributed by atoms with Gasteiger partial charge in [0.2, 0.25) is 0 Å². The van der Waals surface area contributed by atoms with E-state index in [-0.39, 0.29) is 29.0 Å². The van der Waals surface area contributed by atoms with E-state index in [1.165, 1.54) is 0 Å². The van der Waals surface area contributed by atoms with Gasteiger partial charge in [0.25, 0.3) is 0 Å². The molecule has 1 aliphatic heterocycles. The standard InChI is InChI=1S/C25H39NO5/c1-5-26-14-23(21(27)31-6-2)8-7-9-24-16-12-15-17(29-3)13-22(20(24)26,10-11-25(23,24)28)18(16)19(15)30-4/h15-20,28H,5-14H2,1-4H3/t15-,16-,17-,18-,19+,20?,22?,23+,24?,25+/m1/s1. The maximum Gasteiger partial charge on any atom is 0.316 e. The van der Waals surface area contributed by atoms with Crippen LogP contribution in [0.2, 0.25) is 0 Å². The van der Waals surface area contributed by atoms with E-state index in [1.54, 1.807) is 0 Å². The summed E-state index contributed by atoms with van der Waals surface area (Å²) in [6.45, 7) is 6.02. The average molecular weight is 434 g/mol. The highest BCUT2D eigenvalue weighted by Crippen LogP contribution is 2.83. The van der Waals surface area contributed by atoms with E-state index in [2.05, 4.69) is 11.8 Å². The molecule has 6 rings (SSSR count). The van der Waals surface area contributed by atoms with Gasteiger partial charge in [0, 0.05) is 38.1 Å². The maximum absolute atomic E-state index is 13.6. The third-order valence-corrected chi connectivity index (χ3v) is 11.3. The highest BCUT2D eigenvalue weighted by Gasteiger charge is 2.88. The summed E-state index contributed by atoms with van der Waals surface area (Å²) in [5, 5.41) is 12.8. The molecule has 6 fully saturated rings. The summed E-state index contributed by atoms with van der Waals surface area (Å²) in [4.78, 5) is 16.2. The van der Waals surface area contributed by atoms with E-state index >= 15 is 0 Å². The first-order valence-electron chi connectivity index (χ1n) is 12.6. The molecule has 6 heteroatoms. The van der Waals surface area contributed by atoms with Crippen LogP contribution < -0.4 is 0 Å². The van der Waals surface area contributed by atoms with Gasteiger partial charge in [-0.3, -0.25) is 9.69 Å². The SMILES string of the molecule is CCOC(=O)[C@]12CCCC34C(N(CC)C1)C1(CC[C@@]32O)C[C@@H](OC)[C@H]2C[C@@H]4[C@@H]1[C@H]2OC. The molecule has 6 nitrogen and oxygen atoms in total. The zero-order valence-corrected chi connectivity index (χ0v) is 19.6. The van der Waals surface area contributed by atoms with Crippen LogP contribution in [0, 0.1) is 34.0 Å². The molecular formula is C25H39NO5. The highest BCUT2D eigenvalue weighted by atomic mass is 16.5. The van der Waals surface area contributed by atoms with Crippen LogP contribution in [0.15, 0.2) is 0 Å². The van der Waals surface area contributed by atoms with Gasteiger partial charge in [0.05, 0.1) is 24.4 Å². The first-order valence-corrected chi connectivity index (χ1v) is 12.6. The molecule has 7 bridgehead atoms. The number of rotatable bonds is 5. The third-order valence-electron chi connectivity index (χ3n) is 11.3. The summed E-state index contributed by atoms with van der Waals surface area (Å²) in [6.07, 6.45) is 7.00. The van der Waals surface area contributed by atoms with Crippen molar-refractivity contribution in [1.82, 2.24) is 4.90 Å². The van der Waals surface area contributed by atoms with E-state index in [0.717, 1.165) is 45.1 Å². The molecule has 5 aliphatic carbocycles. The van der Waals surface area contributed by atoms with E-state index in [4.69, 9.17) is 14.2 Å². The first kappa shape index (κ1) is 20.9. The van der Waals surface area contributed by atoms with Gasteiger partial charge in [-0.25, -0.2) is 0 Å². The molecule has 31 heavy (non-hydrogen) atoms. The number of hydrogen-bond donors (Lipinski definition) is 1. The van der Waals surface area contributed by atoms with Gasteiger partial charge in [0.15, 0.2) is 0 Å². The lowest BCUT2D eigenvalue weighted by Crippen LogP contribution is -2.81. The lowest BCUT2D eigenvalue weighted by atomic mass is 9.39. The Hall–Kier alpha value is -0.690. The Morgan fingerprint density at radius 3 is 2.61 bits per heavy atom. The topological polar surface area (TPSA) is 68.2 Å². The normalized spacial score (nSPS) is 56.5. The number of methoxy groups -OCH3 is 2.